The molecule has 2 aliphatic heterocycles. The Morgan fingerprint density at radius 3 is 2.60 bits per heavy atom. The fourth-order valence-corrected chi connectivity index (χ4v) is 7.93. The number of anilines is 1. The number of nitrogens with one attached hydrogen (secondary N) is 2. The van der Waals surface area contributed by atoms with E-state index in [2.05, 4.69) is 75.6 Å². The lowest BCUT2D eigenvalue weighted by atomic mass is 9.72. The average molecular weight is 473 g/mol. The molecule has 3 saturated carbocycles. The maximum absolute atomic E-state index is 13.3. The zero-order chi connectivity index (χ0) is 23.7. The molecule has 0 amide bonds. The minimum atomic E-state index is -0.754. The third-order valence-corrected chi connectivity index (χ3v) is 9.34. The van der Waals surface area contributed by atoms with E-state index in [4.69, 9.17) is 0 Å². The van der Waals surface area contributed by atoms with Crippen molar-refractivity contribution in [2.75, 3.05) is 25.0 Å². The van der Waals surface area contributed by atoms with Gasteiger partial charge in [-0.2, -0.15) is 0 Å². The lowest BCUT2D eigenvalue weighted by molar-refractivity contribution is -0.0339. The van der Waals surface area contributed by atoms with Crippen LogP contribution >= 0.6 is 0 Å². The molecule has 3 aromatic rings. The Balaban J connectivity index is 1.20. The zero-order valence-corrected chi connectivity index (χ0v) is 20.9. The molecule has 3 atom stereocenters. The highest BCUT2D eigenvalue weighted by Crippen LogP contribution is 2.60. The molecule has 0 spiro atoms. The topological polar surface area (TPSA) is 34.3 Å². The predicted molar refractivity (Wildman–Crippen MR) is 141 cm³/mol. The first-order valence-corrected chi connectivity index (χ1v) is 13.6. The summed E-state index contributed by atoms with van der Waals surface area (Å²) in [6, 6.07) is 19.2. The third-order valence-electron chi connectivity index (χ3n) is 9.34. The van der Waals surface area contributed by atoms with Crippen LogP contribution in [0.25, 0.3) is 10.9 Å². The molecule has 3 aliphatic carbocycles. The van der Waals surface area contributed by atoms with E-state index >= 15 is 0 Å². The van der Waals surface area contributed by atoms with Gasteiger partial charge in [0.15, 0.2) is 0 Å². The number of benzene rings is 2. The SMILES string of the molecule is C[C@H](F)CN1CC(Nc2ccc([C@@H]3c4[nH]c5ccccc5c4C[C@@H](C)N3C34CCC(C3)C4)cc2)C1. The summed E-state index contributed by atoms with van der Waals surface area (Å²) < 4.78 is 13.3. The fourth-order valence-electron chi connectivity index (χ4n) is 7.93. The summed E-state index contributed by atoms with van der Waals surface area (Å²) in [7, 11) is 0. The van der Waals surface area contributed by atoms with Crippen LogP contribution in [0.3, 0.4) is 0 Å². The Labute approximate surface area is 207 Å². The molecule has 1 aromatic heterocycles. The predicted octanol–water partition coefficient (Wildman–Crippen LogP) is 5.90. The maximum Gasteiger partial charge on any atom is 0.110 e. The first-order valence-electron chi connectivity index (χ1n) is 13.6. The van der Waals surface area contributed by atoms with E-state index in [-0.39, 0.29) is 6.04 Å². The number of H-pyrrole nitrogens is 1. The third kappa shape index (κ3) is 3.54. The lowest BCUT2D eigenvalue weighted by Gasteiger charge is -2.55. The van der Waals surface area contributed by atoms with Gasteiger partial charge in [0, 0.05) is 53.5 Å². The van der Waals surface area contributed by atoms with Gasteiger partial charge in [0.1, 0.15) is 6.17 Å². The number of likely N-dealkylation sites (tertiary alicyclic amines) is 1. The average Bonchev–Trinajstić information content (AvgIpc) is 3.50. The van der Waals surface area contributed by atoms with Crippen molar-refractivity contribution in [3.8, 4) is 0 Å². The number of nitrogens with zero attached hydrogens (tertiary/aromatic N) is 2. The second kappa shape index (κ2) is 8.07. The van der Waals surface area contributed by atoms with Crippen LogP contribution in [0.2, 0.25) is 0 Å². The molecule has 184 valence electrons. The van der Waals surface area contributed by atoms with Crippen LogP contribution in [0.1, 0.15) is 62.4 Å². The Hall–Kier alpha value is -2.37. The number of fused-ring (bicyclic) bond motifs is 4. The molecular formula is C30H37FN4. The molecule has 5 heteroatoms. The van der Waals surface area contributed by atoms with Gasteiger partial charge in [-0.15, -0.1) is 0 Å². The van der Waals surface area contributed by atoms with Gasteiger partial charge in [-0.25, -0.2) is 4.39 Å². The van der Waals surface area contributed by atoms with E-state index in [0.717, 1.165) is 25.4 Å². The van der Waals surface area contributed by atoms with Crippen molar-refractivity contribution in [3.05, 3.63) is 65.4 Å². The summed E-state index contributed by atoms with van der Waals surface area (Å²) in [5.74, 6) is 0.945. The van der Waals surface area contributed by atoms with Crippen LogP contribution in [-0.2, 0) is 6.42 Å². The molecule has 0 unspecified atom stereocenters. The van der Waals surface area contributed by atoms with Gasteiger partial charge in [-0.3, -0.25) is 9.80 Å². The van der Waals surface area contributed by atoms with E-state index in [0.29, 0.717) is 24.2 Å². The van der Waals surface area contributed by atoms with Gasteiger partial charge in [0.05, 0.1) is 12.1 Å². The molecule has 1 saturated heterocycles. The van der Waals surface area contributed by atoms with Crippen molar-refractivity contribution in [1.82, 2.24) is 14.8 Å². The first-order chi connectivity index (χ1) is 17.0. The Morgan fingerprint density at radius 2 is 1.89 bits per heavy atom. The second-order valence-corrected chi connectivity index (χ2v) is 11.9. The summed E-state index contributed by atoms with van der Waals surface area (Å²) in [5.41, 5.74) is 7.12. The number of alkyl halides is 1. The second-order valence-electron chi connectivity index (χ2n) is 11.9. The largest absolute Gasteiger partial charge is 0.380 e. The number of aromatic amines is 1. The van der Waals surface area contributed by atoms with Crippen LogP contribution in [0.5, 0.6) is 0 Å². The van der Waals surface area contributed by atoms with Crippen LogP contribution in [0.15, 0.2) is 48.5 Å². The van der Waals surface area contributed by atoms with E-state index in [1.54, 1.807) is 6.92 Å². The van der Waals surface area contributed by atoms with Gasteiger partial charge in [-0.05, 0) is 81.2 Å². The van der Waals surface area contributed by atoms with Crippen molar-refractivity contribution >= 4 is 16.6 Å². The van der Waals surface area contributed by atoms with Crippen LogP contribution in [0, 0.1) is 5.92 Å². The number of rotatable bonds is 6. The fraction of sp³-hybridized carbons (Fsp3) is 0.533. The Bertz CT molecular complexity index is 1210. The molecular weight excluding hydrogens is 435 g/mol. The molecule has 2 aromatic carbocycles. The molecule has 2 N–H and O–H groups in total. The van der Waals surface area contributed by atoms with E-state index in [1.165, 1.54) is 59.1 Å². The Kier molecular flexibility index (Phi) is 5.05. The molecule has 5 aliphatic rings. The van der Waals surface area contributed by atoms with Gasteiger partial charge >= 0.3 is 0 Å². The van der Waals surface area contributed by atoms with Gasteiger partial charge in [0.25, 0.3) is 0 Å². The van der Waals surface area contributed by atoms with Crippen LogP contribution < -0.4 is 5.32 Å². The molecule has 4 fully saturated rings. The summed E-state index contributed by atoms with van der Waals surface area (Å²) in [6.45, 7) is 6.48. The zero-order valence-electron chi connectivity index (χ0n) is 20.9. The summed E-state index contributed by atoms with van der Waals surface area (Å²) in [4.78, 5) is 8.95. The normalized spacial score (nSPS) is 31.7. The smallest absolute Gasteiger partial charge is 0.110 e. The van der Waals surface area contributed by atoms with E-state index in [1.807, 2.05) is 0 Å². The summed E-state index contributed by atoms with van der Waals surface area (Å²) in [6.07, 6.45) is 5.87. The summed E-state index contributed by atoms with van der Waals surface area (Å²) >= 11 is 0. The summed E-state index contributed by atoms with van der Waals surface area (Å²) in [5, 5.41) is 5.05. The monoisotopic (exact) mass is 472 g/mol. The van der Waals surface area contributed by atoms with E-state index < -0.39 is 6.17 Å². The molecule has 35 heavy (non-hydrogen) atoms. The molecule has 8 rings (SSSR count). The number of hydrogen-bond donors (Lipinski definition) is 2. The first kappa shape index (κ1) is 21.9. The van der Waals surface area contributed by atoms with E-state index in [9.17, 15) is 4.39 Å². The van der Waals surface area contributed by atoms with Gasteiger partial charge < -0.3 is 10.3 Å². The number of hydrogen-bond acceptors (Lipinski definition) is 3. The van der Waals surface area contributed by atoms with Gasteiger partial charge in [-0.1, -0.05) is 30.3 Å². The number of para-hydroxylation sites is 1. The standard InChI is InChI=1S/C30H37FN4/c1-19(31)16-34-17-24(18-34)32-23-9-7-22(8-10-23)29-28-26(25-5-3-4-6-27(25)33-28)13-20(2)35(29)30-12-11-21(14-30)15-30/h3-10,19-21,24,29,32-33H,11-18H2,1-2H3/t19-,20+,21?,29+,30?/m0/s1. The highest BCUT2D eigenvalue weighted by atomic mass is 19.1. The van der Waals surface area contributed by atoms with Crippen molar-refractivity contribution < 1.29 is 4.39 Å². The highest BCUT2D eigenvalue weighted by molar-refractivity contribution is 5.85. The lowest BCUT2D eigenvalue weighted by Crippen LogP contribution is -2.59. The molecule has 0 radical (unpaired) electrons. The van der Waals surface area contributed by atoms with Crippen molar-refractivity contribution in [3.63, 3.8) is 0 Å². The highest BCUT2D eigenvalue weighted by Gasteiger charge is 2.58. The minimum absolute atomic E-state index is 0.277. The van der Waals surface area contributed by atoms with Crippen molar-refractivity contribution in [1.29, 1.82) is 0 Å². The molecule has 3 heterocycles. The minimum Gasteiger partial charge on any atom is -0.380 e. The maximum atomic E-state index is 13.3. The van der Waals surface area contributed by atoms with Crippen molar-refractivity contribution in [2.45, 2.75) is 75.8 Å². The van der Waals surface area contributed by atoms with Crippen molar-refractivity contribution in [2.24, 2.45) is 5.92 Å². The quantitative estimate of drug-likeness (QED) is 0.469. The number of aromatic nitrogens is 1. The van der Waals surface area contributed by atoms with Crippen LogP contribution in [0.4, 0.5) is 10.1 Å². The Morgan fingerprint density at radius 1 is 1.11 bits per heavy atom. The number of halogens is 1. The van der Waals surface area contributed by atoms with Gasteiger partial charge in [0.2, 0.25) is 0 Å². The molecule has 4 nitrogen and oxygen atoms in total. The molecule has 2 bridgehead atoms. The van der Waals surface area contributed by atoms with Crippen LogP contribution in [-0.4, -0.2) is 58.2 Å².